The lowest BCUT2D eigenvalue weighted by molar-refractivity contribution is -0.115. The molecule has 1 amide bonds. The van der Waals surface area contributed by atoms with Crippen molar-refractivity contribution in [3.8, 4) is 12.3 Å². The quantitative estimate of drug-likeness (QED) is 0.286. The number of carbonyl (C=O) groups is 1. The largest absolute Gasteiger partial charge is 0.347 e. The minimum atomic E-state index is -0.129. The van der Waals surface area contributed by atoms with Crippen LogP contribution in [0.15, 0.2) is 59.6 Å². The van der Waals surface area contributed by atoms with Crippen molar-refractivity contribution in [3.05, 3.63) is 65.7 Å². The molecule has 1 atom stereocenters. The molecule has 152 valence electrons. The summed E-state index contributed by atoms with van der Waals surface area (Å²) in [6, 6.07) is 17.8. The summed E-state index contributed by atoms with van der Waals surface area (Å²) in [7, 11) is 1.75. The maximum Gasteiger partial charge on any atom is 0.243 e. The van der Waals surface area contributed by atoms with Gasteiger partial charge in [-0.1, -0.05) is 42.3 Å². The molecule has 1 saturated heterocycles. The van der Waals surface area contributed by atoms with Gasteiger partial charge in [-0.2, -0.15) is 0 Å². The summed E-state index contributed by atoms with van der Waals surface area (Å²) < 4.78 is 0. The molecule has 1 aliphatic rings. The highest BCUT2D eigenvalue weighted by Crippen LogP contribution is 2.20. The molecule has 1 unspecified atom stereocenters. The highest BCUT2D eigenvalue weighted by molar-refractivity contribution is 14.0. The van der Waals surface area contributed by atoms with Crippen LogP contribution in [0.5, 0.6) is 0 Å². The van der Waals surface area contributed by atoms with Gasteiger partial charge in [0.1, 0.15) is 0 Å². The monoisotopic (exact) mass is 502 g/mol. The Morgan fingerprint density at radius 3 is 2.76 bits per heavy atom. The van der Waals surface area contributed by atoms with Crippen LogP contribution in [-0.2, 0) is 11.2 Å². The molecule has 0 aliphatic carbocycles. The molecule has 6 heteroatoms. The first kappa shape index (κ1) is 22.8. The van der Waals surface area contributed by atoms with Crippen molar-refractivity contribution < 1.29 is 4.79 Å². The number of anilines is 1. The Balaban J connectivity index is 0.00000300. The maximum atomic E-state index is 12.3. The lowest BCUT2D eigenvalue weighted by Gasteiger charge is -2.21. The number of likely N-dealkylation sites (tertiary alicyclic amines) is 1. The lowest BCUT2D eigenvalue weighted by Crippen LogP contribution is -2.43. The smallest absolute Gasteiger partial charge is 0.243 e. The zero-order valence-corrected chi connectivity index (χ0v) is 18.9. The average molecular weight is 502 g/mol. The molecule has 2 aromatic carbocycles. The SMILES string of the molecule is C#Cc1cccc(NC(=O)CNC(=NC)N2CCC(Cc3ccccc3)C2)c1.I. The van der Waals surface area contributed by atoms with Crippen molar-refractivity contribution in [2.45, 2.75) is 12.8 Å². The van der Waals surface area contributed by atoms with Gasteiger partial charge in [0.25, 0.3) is 0 Å². The van der Waals surface area contributed by atoms with Gasteiger partial charge in [-0.3, -0.25) is 9.79 Å². The van der Waals surface area contributed by atoms with Crippen molar-refractivity contribution in [1.29, 1.82) is 0 Å². The van der Waals surface area contributed by atoms with E-state index in [-0.39, 0.29) is 36.4 Å². The lowest BCUT2D eigenvalue weighted by atomic mass is 9.99. The second-order valence-electron chi connectivity index (χ2n) is 6.96. The van der Waals surface area contributed by atoms with Crippen LogP contribution >= 0.6 is 24.0 Å². The van der Waals surface area contributed by atoms with Crippen molar-refractivity contribution in [1.82, 2.24) is 10.2 Å². The summed E-state index contributed by atoms with van der Waals surface area (Å²) >= 11 is 0. The predicted octanol–water partition coefficient (Wildman–Crippen LogP) is 3.36. The third-order valence-corrected chi connectivity index (χ3v) is 4.88. The van der Waals surface area contributed by atoms with Crippen LogP contribution in [0.3, 0.4) is 0 Å². The van der Waals surface area contributed by atoms with E-state index in [0.29, 0.717) is 11.6 Å². The van der Waals surface area contributed by atoms with Crippen LogP contribution < -0.4 is 10.6 Å². The van der Waals surface area contributed by atoms with Crippen molar-refractivity contribution in [3.63, 3.8) is 0 Å². The summed E-state index contributed by atoms with van der Waals surface area (Å²) in [5.74, 6) is 3.80. The van der Waals surface area contributed by atoms with Gasteiger partial charge in [0, 0.05) is 31.4 Å². The standard InChI is InChI=1S/C23H26N4O.HI/c1-3-18-10-7-11-21(15-18)26-22(28)16-25-23(24-2)27-13-12-20(17-27)14-19-8-5-4-6-9-19;/h1,4-11,15,20H,12-14,16-17H2,2H3,(H,24,25)(H,26,28);1H. The third-order valence-electron chi connectivity index (χ3n) is 4.88. The number of halogens is 1. The van der Waals surface area contributed by atoms with E-state index in [1.54, 1.807) is 13.1 Å². The highest BCUT2D eigenvalue weighted by atomic mass is 127. The normalized spacial score (nSPS) is 15.9. The summed E-state index contributed by atoms with van der Waals surface area (Å²) in [5, 5.41) is 6.03. The van der Waals surface area contributed by atoms with Gasteiger partial charge in [-0.05, 0) is 42.5 Å². The maximum absolute atomic E-state index is 12.3. The summed E-state index contributed by atoms with van der Waals surface area (Å²) in [4.78, 5) is 18.8. The summed E-state index contributed by atoms with van der Waals surface area (Å²) in [6.07, 6.45) is 7.59. The van der Waals surface area contributed by atoms with Crippen LogP contribution in [0.2, 0.25) is 0 Å². The van der Waals surface area contributed by atoms with Crippen molar-refractivity contribution in [2.75, 3.05) is 32.0 Å². The molecule has 2 N–H and O–H groups in total. The first-order valence-electron chi connectivity index (χ1n) is 9.54. The number of hydrogen-bond acceptors (Lipinski definition) is 2. The van der Waals surface area contributed by atoms with Crippen molar-refractivity contribution >= 4 is 41.5 Å². The van der Waals surface area contributed by atoms with Gasteiger partial charge >= 0.3 is 0 Å². The Kier molecular flexibility index (Phi) is 9.00. The minimum Gasteiger partial charge on any atom is -0.347 e. The Labute approximate surface area is 190 Å². The number of benzene rings is 2. The van der Waals surface area contributed by atoms with E-state index in [2.05, 4.69) is 50.7 Å². The molecule has 1 heterocycles. The summed E-state index contributed by atoms with van der Waals surface area (Å²) in [6.45, 7) is 2.05. The van der Waals surface area contributed by atoms with E-state index in [1.807, 2.05) is 24.3 Å². The van der Waals surface area contributed by atoms with Crippen LogP contribution in [0.4, 0.5) is 5.69 Å². The molecule has 1 fully saturated rings. The van der Waals surface area contributed by atoms with Gasteiger partial charge in [0.05, 0.1) is 6.54 Å². The molecule has 3 rings (SSSR count). The molecule has 0 spiro atoms. The van der Waals surface area contributed by atoms with E-state index in [0.717, 1.165) is 37.5 Å². The van der Waals surface area contributed by atoms with Crippen LogP contribution in [-0.4, -0.2) is 43.4 Å². The number of nitrogens with one attached hydrogen (secondary N) is 2. The van der Waals surface area contributed by atoms with Crippen molar-refractivity contribution in [2.24, 2.45) is 10.9 Å². The summed E-state index contributed by atoms with van der Waals surface area (Å²) in [5.41, 5.74) is 2.80. The number of carbonyl (C=O) groups excluding carboxylic acids is 1. The molecule has 0 aromatic heterocycles. The van der Waals surface area contributed by atoms with Gasteiger partial charge < -0.3 is 15.5 Å². The Morgan fingerprint density at radius 1 is 1.24 bits per heavy atom. The molecule has 0 saturated carbocycles. The van der Waals surface area contributed by atoms with Gasteiger partial charge in [-0.15, -0.1) is 30.4 Å². The van der Waals surface area contributed by atoms with Crippen LogP contribution in [0.1, 0.15) is 17.5 Å². The second kappa shape index (κ2) is 11.5. The molecular weight excluding hydrogens is 475 g/mol. The van der Waals surface area contributed by atoms with E-state index in [1.165, 1.54) is 5.56 Å². The van der Waals surface area contributed by atoms with Crippen LogP contribution in [0, 0.1) is 18.3 Å². The topological polar surface area (TPSA) is 56.7 Å². The number of rotatable bonds is 5. The molecule has 0 bridgehead atoms. The third kappa shape index (κ3) is 6.79. The van der Waals surface area contributed by atoms with Gasteiger partial charge in [0.15, 0.2) is 5.96 Å². The Hall–Kier alpha value is -2.53. The number of amides is 1. The predicted molar refractivity (Wildman–Crippen MR) is 130 cm³/mol. The second-order valence-corrected chi connectivity index (χ2v) is 6.96. The fourth-order valence-corrected chi connectivity index (χ4v) is 3.52. The Bertz CT molecular complexity index is 876. The first-order chi connectivity index (χ1) is 13.7. The van der Waals surface area contributed by atoms with E-state index >= 15 is 0 Å². The number of hydrogen-bond donors (Lipinski definition) is 2. The Morgan fingerprint density at radius 2 is 2.03 bits per heavy atom. The zero-order chi connectivity index (χ0) is 19.8. The fraction of sp³-hybridized carbons (Fsp3) is 0.304. The fourth-order valence-electron chi connectivity index (χ4n) is 3.52. The molecule has 0 radical (unpaired) electrons. The highest BCUT2D eigenvalue weighted by Gasteiger charge is 2.25. The molecule has 2 aromatic rings. The molecular formula is C23H27IN4O. The number of guanidine groups is 1. The number of terminal acetylenes is 1. The molecule has 1 aliphatic heterocycles. The minimum absolute atomic E-state index is 0. The molecule has 5 nitrogen and oxygen atoms in total. The first-order valence-corrected chi connectivity index (χ1v) is 9.54. The van der Waals surface area contributed by atoms with Crippen LogP contribution in [0.25, 0.3) is 0 Å². The zero-order valence-electron chi connectivity index (χ0n) is 16.6. The molecule has 29 heavy (non-hydrogen) atoms. The van der Waals surface area contributed by atoms with Gasteiger partial charge in [0.2, 0.25) is 5.91 Å². The van der Waals surface area contributed by atoms with E-state index < -0.39 is 0 Å². The van der Waals surface area contributed by atoms with Gasteiger partial charge in [-0.25, -0.2) is 0 Å². The van der Waals surface area contributed by atoms with E-state index in [9.17, 15) is 4.79 Å². The van der Waals surface area contributed by atoms with E-state index in [4.69, 9.17) is 6.42 Å². The number of aliphatic imine (C=N–C) groups is 1. The average Bonchev–Trinajstić information content (AvgIpc) is 3.17. The number of nitrogens with zero attached hydrogens (tertiary/aromatic N) is 2.